The maximum absolute atomic E-state index is 11.7. The van der Waals surface area contributed by atoms with Gasteiger partial charge in [0.2, 0.25) is 0 Å². The molecule has 80 valence electrons. The molecule has 3 heteroatoms. The van der Waals surface area contributed by atoms with Crippen molar-refractivity contribution in [1.29, 1.82) is 5.26 Å². The molecule has 2 aromatic rings. The van der Waals surface area contributed by atoms with Crippen molar-refractivity contribution in [2.45, 2.75) is 20.3 Å². The smallest absolute Gasteiger partial charge is 0.252 e. The number of hydrogen-bond acceptors (Lipinski definition) is 2. The minimum atomic E-state index is -0.166. The lowest BCUT2D eigenvalue weighted by Crippen LogP contribution is -2.12. The third-order valence-corrected chi connectivity index (χ3v) is 2.64. The van der Waals surface area contributed by atoms with Crippen molar-refractivity contribution in [3.8, 4) is 6.07 Å². The number of nitrogens with one attached hydrogen (secondary N) is 1. The highest BCUT2D eigenvalue weighted by atomic mass is 16.1. The molecule has 1 aromatic heterocycles. The van der Waals surface area contributed by atoms with E-state index < -0.39 is 0 Å². The number of pyridine rings is 1. The molecule has 0 saturated carbocycles. The highest BCUT2D eigenvalue weighted by Gasteiger charge is 2.04. The molecular weight excluding hydrogens is 200 g/mol. The molecule has 1 heterocycles. The second-order valence-electron chi connectivity index (χ2n) is 4.00. The van der Waals surface area contributed by atoms with Gasteiger partial charge in [0, 0.05) is 5.56 Å². The molecule has 2 rings (SSSR count). The lowest BCUT2D eigenvalue weighted by molar-refractivity contribution is 1.15. The van der Waals surface area contributed by atoms with E-state index in [0.29, 0.717) is 5.56 Å². The number of fused-ring (bicyclic) bond motifs is 1. The largest absolute Gasteiger partial charge is 0.321 e. The molecule has 16 heavy (non-hydrogen) atoms. The first-order valence-corrected chi connectivity index (χ1v) is 5.12. The van der Waals surface area contributed by atoms with Gasteiger partial charge in [-0.2, -0.15) is 5.26 Å². The Balaban J connectivity index is 2.80. The average Bonchev–Trinajstić information content (AvgIpc) is 2.21. The van der Waals surface area contributed by atoms with Gasteiger partial charge < -0.3 is 4.98 Å². The van der Waals surface area contributed by atoms with Gasteiger partial charge in [-0.3, -0.25) is 4.79 Å². The Morgan fingerprint density at radius 2 is 2.06 bits per heavy atom. The van der Waals surface area contributed by atoms with Crippen LogP contribution in [0.1, 0.15) is 16.7 Å². The Morgan fingerprint density at radius 3 is 2.75 bits per heavy atom. The first kappa shape index (κ1) is 10.4. The highest BCUT2D eigenvalue weighted by Crippen LogP contribution is 2.17. The monoisotopic (exact) mass is 212 g/mol. The number of aromatic nitrogens is 1. The normalized spacial score (nSPS) is 10.3. The quantitative estimate of drug-likeness (QED) is 0.787. The van der Waals surface area contributed by atoms with Crippen LogP contribution in [0.2, 0.25) is 0 Å². The third kappa shape index (κ3) is 1.70. The maximum Gasteiger partial charge on any atom is 0.252 e. The van der Waals surface area contributed by atoms with E-state index in [-0.39, 0.29) is 12.0 Å². The molecule has 0 aliphatic rings. The van der Waals surface area contributed by atoms with Crippen LogP contribution < -0.4 is 5.56 Å². The summed E-state index contributed by atoms with van der Waals surface area (Å²) in [5.74, 6) is 0. The van der Waals surface area contributed by atoms with Crippen molar-refractivity contribution >= 4 is 10.9 Å². The molecule has 0 spiro atoms. The van der Waals surface area contributed by atoms with Crippen molar-refractivity contribution in [3.05, 3.63) is 45.2 Å². The summed E-state index contributed by atoms with van der Waals surface area (Å²) in [5.41, 5.74) is 3.42. The second kappa shape index (κ2) is 3.82. The Kier molecular flexibility index (Phi) is 2.49. The molecule has 1 N–H and O–H groups in total. The molecule has 0 bridgehead atoms. The van der Waals surface area contributed by atoms with Crippen LogP contribution in [-0.2, 0) is 6.42 Å². The molecular formula is C13H12N2O. The van der Waals surface area contributed by atoms with Gasteiger partial charge in [0.1, 0.15) is 0 Å². The van der Waals surface area contributed by atoms with Gasteiger partial charge in [0.25, 0.3) is 5.56 Å². The molecule has 0 fully saturated rings. The van der Waals surface area contributed by atoms with Crippen LogP contribution in [0.15, 0.2) is 23.0 Å². The molecule has 0 unspecified atom stereocenters. The van der Waals surface area contributed by atoms with E-state index in [1.807, 2.05) is 32.0 Å². The van der Waals surface area contributed by atoms with Crippen LogP contribution in [0.4, 0.5) is 0 Å². The van der Waals surface area contributed by atoms with Gasteiger partial charge in [0.05, 0.1) is 18.0 Å². The van der Waals surface area contributed by atoms with E-state index in [1.54, 1.807) is 6.07 Å². The highest BCUT2D eigenvalue weighted by molar-refractivity contribution is 5.82. The zero-order valence-electron chi connectivity index (χ0n) is 9.29. The number of H-pyrrole nitrogens is 1. The first-order chi connectivity index (χ1) is 7.61. The number of aromatic amines is 1. The van der Waals surface area contributed by atoms with Crippen LogP contribution in [0.3, 0.4) is 0 Å². The summed E-state index contributed by atoms with van der Waals surface area (Å²) in [5, 5.41) is 9.61. The van der Waals surface area contributed by atoms with Crippen molar-refractivity contribution in [2.24, 2.45) is 0 Å². The summed E-state index contributed by atoms with van der Waals surface area (Å²) in [6, 6.07) is 7.84. The molecule has 3 nitrogen and oxygen atoms in total. The average molecular weight is 212 g/mol. The van der Waals surface area contributed by atoms with Gasteiger partial charge in [-0.05, 0) is 36.9 Å². The summed E-state index contributed by atoms with van der Waals surface area (Å²) in [4.78, 5) is 14.5. The van der Waals surface area contributed by atoms with E-state index in [4.69, 9.17) is 5.26 Å². The second-order valence-corrected chi connectivity index (χ2v) is 4.00. The summed E-state index contributed by atoms with van der Waals surface area (Å²) < 4.78 is 0. The van der Waals surface area contributed by atoms with Crippen LogP contribution in [0.5, 0.6) is 0 Å². The molecule has 0 aliphatic heterocycles. The lowest BCUT2D eigenvalue weighted by Gasteiger charge is -2.05. The van der Waals surface area contributed by atoms with Crippen molar-refractivity contribution in [2.75, 3.05) is 0 Å². The Labute approximate surface area is 93.3 Å². The van der Waals surface area contributed by atoms with Crippen LogP contribution >= 0.6 is 0 Å². The summed E-state index contributed by atoms with van der Waals surface area (Å²) in [6.07, 6.45) is 0.151. The fourth-order valence-electron chi connectivity index (χ4n) is 1.95. The van der Waals surface area contributed by atoms with Crippen molar-refractivity contribution in [1.82, 2.24) is 4.98 Å². The number of nitrogens with zero attached hydrogens (tertiary/aromatic N) is 1. The molecule has 0 aliphatic carbocycles. The first-order valence-electron chi connectivity index (χ1n) is 5.12. The van der Waals surface area contributed by atoms with Crippen LogP contribution in [0.25, 0.3) is 10.9 Å². The van der Waals surface area contributed by atoms with Crippen molar-refractivity contribution in [3.63, 3.8) is 0 Å². The standard InChI is InChI=1S/C13H12N2O/c1-8-5-9(2)12-11(6-8)7-10(3-4-14)13(16)15-12/h5-7H,3H2,1-2H3,(H,15,16). The zero-order valence-corrected chi connectivity index (χ0v) is 9.29. The Hall–Kier alpha value is -2.08. The summed E-state index contributed by atoms with van der Waals surface area (Å²) in [7, 11) is 0. The summed E-state index contributed by atoms with van der Waals surface area (Å²) in [6.45, 7) is 3.98. The predicted octanol–water partition coefficient (Wildman–Crippen LogP) is 2.21. The SMILES string of the molecule is Cc1cc(C)c2[nH]c(=O)c(CC#N)cc2c1. The molecule has 0 atom stereocenters. The topological polar surface area (TPSA) is 56.6 Å². The summed E-state index contributed by atoms with van der Waals surface area (Å²) >= 11 is 0. The van der Waals surface area contributed by atoms with Gasteiger partial charge in [-0.15, -0.1) is 0 Å². The zero-order chi connectivity index (χ0) is 11.7. The number of aryl methyl sites for hydroxylation is 2. The fraction of sp³-hybridized carbons (Fsp3) is 0.231. The molecule has 0 radical (unpaired) electrons. The third-order valence-electron chi connectivity index (χ3n) is 2.64. The van der Waals surface area contributed by atoms with Crippen LogP contribution in [-0.4, -0.2) is 4.98 Å². The Morgan fingerprint density at radius 1 is 1.31 bits per heavy atom. The predicted molar refractivity (Wildman–Crippen MR) is 63.4 cm³/mol. The Bertz CT molecular complexity index is 647. The van der Waals surface area contributed by atoms with Crippen LogP contribution in [0, 0.1) is 25.2 Å². The molecule has 0 amide bonds. The van der Waals surface area contributed by atoms with Gasteiger partial charge >= 0.3 is 0 Å². The minimum Gasteiger partial charge on any atom is -0.321 e. The van der Waals surface area contributed by atoms with Gasteiger partial charge in [-0.25, -0.2) is 0 Å². The van der Waals surface area contributed by atoms with E-state index >= 15 is 0 Å². The van der Waals surface area contributed by atoms with E-state index in [0.717, 1.165) is 22.0 Å². The minimum absolute atomic E-state index is 0.151. The molecule has 1 aromatic carbocycles. The maximum atomic E-state index is 11.7. The van der Waals surface area contributed by atoms with E-state index in [2.05, 4.69) is 4.98 Å². The lowest BCUT2D eigenvalue weighted by atomic mass is 10.0. The van der Waals surface area contributed by atoms with E-state index in [9.17, 15) is 4.79 Å². The number of nitriles is 1. The molecule has 0 saturated heterocycles. The van der Waals surface area contributed by atoms with Gasteiger partial charge in [0.15, 0.2) is 0 Å². The van der Waals surface area contributed by atoms with E-state index in [1.165, 1.54) is 0 Å². The number of hydrogen-bond donors (Lipinski definition) is 1. The van der Waals surface area contributed by atoms with Crippen molar-refractivity contribution < 1.29 is 0 Å². The van der Waals surface area contributed by atoms with Gasteiger partial charge in [-0.1, -0.05) is 11.6 Å². The number of benzene rings is 1. The number of rotatable bonds is 1. The fourth-order valence-corrected chi connectivity index (χ4v) is 1.95.